The van der Waals surface area contributed by atoms with Crippen molar-refractivity contribution in [3.63, 3.8) is 0 Å². The maximum atomic E-state index is 2.81. The minimum absolute atomic E-state index is 0.816. The zero-order chi connectivity index (χ0) is 14.5. The zero-order valence-corrected chi connectivity index (χ0v) is 14.5. The fraction of sp³-hybridized carbons (Fsp3) is 1.00. The van der Waals surface area contributed by atoms with E-state index in [4.69, 9.17) is 0 Å². The number of rotatable bonds is 0. The van der Waals surface area contributed by atoms with Crippen LogP contribution in [0.1, 0.15) is 71.6 Å². The predicted octanol–water partition coefficient (Wildman–Crippen LogP) is 4.78. The van der Waals surface area contributed by atoms with Crippen LogP contribution in [0, 0.1) is 66.0 Å². The molecule has 12 atom stereocenters. The van der Waals surface area contributed by atoms with Crippen molar-refractivity contribution in [2.24, 2.45) is 66.0 Å². The van der Waals surface area contributed by atoms with Crippen LogP contribution in [-0.2, 0) is 0 Å². The van der Waals surface area contributed by atoms with Gasteiger partial charge in [-0.15, -0.1) is 0 Å². The molecule has 10 bridgehead atoms. The monoisotopic (exact) mass is 302 g/mol. The molecule has 0 aromatic heterocycles. The van der Waals surface area contributed by atoms with Crippen molar-refractivity contribution in [1.82, 2.24) is 0 Å². The van der Waals surface area contributed by atoms with Gasteiger partial charge in [-0.05, 0) is 124 Å². The van der Waals surface area contributed by atoms with Crippen LogP contribution in [0.15, 0.2) is 0 Å². The van der Waals surface area contributed by atoms with Gasteiger partial charge in [0.1, 0.15) is 0 Å². The third-order valence-electron chi connectivity index (χ3n) is 15.7. The van der Waals surface area contributed by atoms with Gasteiger partial charge in [-0.25, -0.2) is 0 Å². The highest BCUT2D eigenvalue weighted by molar-refractivity contribution is 5.71. The zero-order valence-electron chi connectivity index (χ0n) is 14.5. The molecule has 18 aliphatic rings. The van der Waals surface area contributed by atoms with Crippen LogP contribution in [0.3, 0.4) is 0 Å². The number of hydrogen-bond donors (Lipinski definition) is 0. The molecule has 0 aromatic rings. The second-order valence-electron chi connectivity index (χ2n) is 14.1. The van der Waals surface area contributed by atoms with E-state index < -0.39 is 0 Å². The summed E-state index contributed by atoms with van der Waals surface area (Å²) in [4.78, 5) is 0. The fourth-order valence-electron chi connectivity index (χ4n) is 18.0. The van der Waals surface area contributed by atoms with Gasteiger partial charge in [0.15, 0.2) is 0 Å². The molecule has 0 heteroatoms. The van der Waals surface area contributed by atoms with E-state index in [1.54, 1.807) is 57.8 Å². The van der Waals surface area contributed by atoms with E-state index in [-0.39, 0.29) is 0 Å². The molecule has 18 saturated carbocycles. The molecule has 0 N–H and O–H groups in total. The molecule has 0 aromatic carbocycles. The predicted molar refractivity (Wildman–Crippen MR) is 84.2 cm³/mol. The van der Waals surface area contributed by atoms with E-state index in [0.29, 0.717) is 0 Å². The summed E-state index contributed by atoms with van der Waals surface area (Å²) < 4.78 is 0. The quantitative estimate of drug-likeness (QED) is 0.604. The SMILES string of the molecule is CC12CC3CC4(C1)CC15CC6(CC78CC9%10C3C9(C)CC7%10CC816)C245. The van der Waals surface area contributed by atoms with E-state index in [9.17, 15) is 0 Å². The minimum Gasteiger partial charge on any atom is -0.0590 e. The van der Waals surface area contributed by atoms with Crippen LogP contribution in [-0.4, -0.2) is 0 Å². The van der Waals surface area contributed by atoms with Gasteiger partial charge in [-0.3, -0.25) is 0 Å². The van der Waals surface area contributed by atoms with Crippen LogP contribution < -0.4 is 0 Å². The molecule has 18 aliphatic carbocycles. The van der Waals surface area contributed by atoms with Crippen molar-refractivity contribution < 1.29 is 0 Å². The highest BCUT2D eigenvalue weighted by Crippen LogP contribution is 3.30. The Kier molecular flexibility index (Phi) is 0.767. The Balaban J connectivity index is 1.33. The first kappa shape index (κ1) is 10.2. The number of hydrogen-bond acceptors (Lipinski definition) is 0. The Morgan fingerprint density at radius 1 is 0.696 bits per heavy atom. The highest BCUT2D eigenvalue weighted by Gasteiger charge is 3.25. The van der Waals surface area contributed by atoms with E-state index in [2.05, 4.69) is 13.8 Å². The van der Waals surface area contributed by atoms with Gasteiger partial charge in [0.05, 0.1) is 0 Å². The molecule has 8 spiro atoms. The second-order valence-corrected chi connectivity index (χ2v) is 14.1. The van der Waals surface area contributed by atoms with Gasteiger partial charge in [-0.2, -0.15) is 0 Å². The molecule has 0 saturated heterocycles. The summed E-state index contributed by atoms with van der Waals surface area (Å²) in [5.74, 6) is 2.37. The molecular formula is C23H26. The lowest BCUT2D eigenvalue weighted by Gasteiger charge is -3.23. The Bertz CT molecular complexity index is 906. The van der Waals surface area contributed by atoms with Gasteiger partial charge in [0, 0.05) is 0 Å². The van der Waals surface area contributed by atoms with Crippen molar-refractivity contribution in [3.05, 3.63) is 0 Å². The van der Waals surface area contributed by atoms with Crippen molar-refractivity contribution in [2.45, 2.75) is 71.6 Å². The maximum Gasteiger partial charge on any atom is -0.00611 e. The van der Waals surface area contributed by atoms with Gasteiger partial charge in [-0.1, -0.05) is 13.8 Å². The lowest BCUT2D eigenvalue weighted by molar-refractivity contribution is -0.761. The molecule has 0 heterocycles. The largest absolute Gasteiger partial charge is 0.0590 e. The average molecular weight is 302 g/mol. The summed E-state index contributed by atoms with van der Waals surface area (Å²) in [5, 5.41) is 0. The molecule has 23 heavy (non-hydrogen) atoms. The molecule has 118 valence electrons. The van der Waals surface area contributed by atoms with E-state index in [1.165, 1.54) is 11.8 Å². The molecule has 12 unspecified atom stereocenters. The summed E-state index contributed by atoms with van der Waals surface area (Å²) in [6, 6.07) is 0. The third kappa shape index (κ3) is 0.362. The summed E-state index contributed by atoms with van der Waals surface area (Å²) in [5.41, 5.74) is 9.21. The van der Waals surface area contributed by atoms with Crippen LogP contribution in [0.2, 0.25) is 0 Å². The lowest BCUT2D eigenvalue weighted by Crippen LogP contribution is -3.18. The van der Waals surface area contributed by atoms with Crippen LogP contribution in [0.4, 0.5) is 0 Å². The standard InChI is InChI=1S/C23H26/c1-14-3-12-4-16(5-14)7-19-9-20(23(14,16)19)8-18-10-21-13(12)15(21,2)6-17(18,21)11-22(18,19)20/h12-13H,3-11H2,1-2H3. The van der Waals surface area contributed by atoms with E-state index >= 15 is 0 Å². The van der Waals surface area contributed by atoms with Crippen molar-refractivity contribution in [1.29, 1.82) is 0 Å². The fourth-order valence-corrected chi connectivity index (χ4v) is 18.0. The second kappa shape index (κ2) is 1.72. The Morgan fingerprint density at radius 2 is 1.52 bits per heavy atom. The first-order chi connectivity index (χ1) is 10.9. The maximum absolute atomic E-state index is 2.81. The van der Waals surface area contributed by atoms with E-state index in [1.807, 2.05) is 0 Å². The van der Waals surface area contributed by atoms with Crippen molar-refractivity contribution >= 4 is 0 Å². The lowest BCUT2D eigenvalue weighted by atomic mass is 8.80. The molecule has 0 aliphatic heterocycles. The smallest absolute Gasteiger partial charge is 0.00611 e. The van der Waals surface area contributed by atoms with Gasteiger partial charge in [0.2, 0.25) is 0 Å². The molecule has 18 fully saturated rings. The Labute approximate surface area is 138 Å². The first-order valence-electron chi connectivity index (χ1n) is 10.9. The Hall–Kier alpha value is 0. The van der Waals surface area contributed by atoms with Crippen LogP contribution in [0.25, 0.3) is 0 Å². The van der Waals surface area contributed by atoms with Crippen LogP contribution >= 0.6 is 0 Å². The Morgan fingerprint density at radius 3 is 2.26 bits per heavy atom. The summed E-state index contributed by atoms with van der Waals surface area (Å²) in [6.07, 6.45) is 15.5. The minimum atomic E-state index is 0.816. The molecule has 0 radical (unpaired) electrons. The van der Waals surface area contributed by atoms with Gasteiger partial charge >= 0.3 is 0 Å². The third-order valence-corrected chi connectivity index (χ3v) is 15.7. The first-order valence-corrected chi connectivity index (χ1v) is 10.9. The molecular weight excluding hydrogens is 276 g/mol. The van der Waals surface area contributed by atoms with Crippen LogP contribution in [0.5, 0.6) is 0 Å². The molecule has 18 rings (SSSR count). The van der Waals surface area contributed by atoms with Gasteiger partial charge in [0.25, 0.3) is 0 Å². The summed E-state index contributed by atoms with van der Waals surface area (Å²) in [6.45, 7) is 5.57. The summed E-state index contributed by atoms with van der Waals surface area (Å²) >= 11 is 0. The van der Waals surface area contributed by atoms with E-state index in [0.717, 1.165) is 54.1 Å². The highest BCUT2D eigenvalue weighted by atomic mass is 15.3. The van der Waals surface area contributed by atoms with Gasteiger partial charge < -0.3 is 0 Å². The summed E-state index contributed by atoms with van der Waals surface area (Å²) in [7, 11) is 0. The normalized spacial score (nSPS) is 103. The van der Waals surface area contributed by atoms with Crippen molar-refractivity contribution in [3.8, 4) is 0 Å². The molecule has 0 nitrogen and oxygen atoms in total. The van der Waals surface area contributed by atoms with Crippen molar-refractivity contribution in [2.75, 3.05) is 0 Å². The molecule has 0 amide bonds. The topological polar surface area (TPSA) is 0 Å². The average Bonchev–Trinajstić information content (AvgIpc) is 2.91.